The molecule has 0 bridgehead atoms. The van der Waals surface area contributed by atoms with Crippen LogP contribution in [0.25, 0.3) is 0 Å². The molecule has 6 heteroatoms. The highest BCUT2D eigenvalue weighted by Crippen LogP contribution is 2.01. The Labute approximate surface area is 83.3 Å². The van der Waals surface area contributed by atoms with E-state index in [-0.39, 0.29) is 12.2 Å². The Kier molecular flexibility index (Phi) is 3.28. The van der Waals surface area contributed by atoms with Crippen LogP contribution in [0, 0.1) is 0 Å². The van der Waals surface area contributed by atoms with Gasteiger partial charge in [-0.1, -0.05) is 0 Å². The van der Waals surface area contributed by atoms with E-state index >= 15 is 0 Å². The van der Waals surface area contributed by atoms with Crippen molar-refractivity contribution in [2.45, 2.75) is 12.5 Å². The van der Waals surface area contributed by atoms with Gasteiger partial charge in [0.05, 0.1) is 17.6 Å². The highest BCUT2D eigenvalue weighted by molar-refractivity contribution is 7.90. The standard InChI is InChI=1S/C8H14N2O3S/c1-10-4-3-7(9-10)5-8(11)6-14(2,12)13/h3-4,8,11H,5-6H2,1-2H3. The lowest BCUT2D eigenvalue weighted by molar-refractivity contribution is 0.196. The maximum atomic E-state index is 10.9. The predicted molar refractivity (Wildman–Crippen MR) is 52.6 cm³/mol. The van der Waals surface area contributed by atoms with Gasteiger partial charge in [0.25, 0.3) is 0 Å². The lowest BCUT2D eigenvalue weighted by Gasteiger charge is -2.06. The first-order valence-electron chi connectivity index (χ1n) is 4.21. The molecule has 1 atom stereocenters. The number of aliphatic hydroxyl groups is 1. The fourth-order valence-corrected chi connectivity index (χ4v) is 2.04. The Bertz CT molecular complexity index is 396. The van der Waals surface area contributed by atoms with E-state index in [0.29, 0.717) is 5.69 Å². The molecule has 5 nitrogen and oxygen atoms in total. The molecule has 0 saturated carbocycles. The third-order valence-corrected chi connectivity index (χ3v) is 2.70. The maximum absolute atomic E-state index is 10.9. The summed E-state index contributed by atoms with van der Waals surface area (Å²) in [5.74, 6) is -0.219. The molecule has 1 aromatic heterocycles. The summed E-state index contributed by atoms with van der Waals surface area (Å²) in [5.41, 5.74) is 0.698. The van der Waals surface area contributed by atoms with Crippen molar-refractivity contribution >= 4 is 9.84 Å². The van der Waals surface area contributed by atoms with Crippen LogP contribution in [0.1, 0.15) is 5.69 Å². The first kappa shape index (κ1) is 11.2. The van der Waals surface area contributed by atoms with Gasteiger partial charge in [0.1, 0.15) is 9.84 Å². The van der Waals surface area contributed by atoms with Crippen molar-refractivity contribution in [2.75, 3.05) is 12.0 Å². The Morgan fingerprint density at radius 2 is 2.29 bits per heavy atom. The number of sulfone groups is 1. The zero-order chi connectivity index (χ0) is 10.8. The van der Waals surface area contributed by atoms with Crippen LogP contribution in [0.15, 0.2) is 12.3 Å². The Hall–Kier alpha value is -0.880. The van der Waals surface area contributed by atoms with Crippen LogP contribution >= 0.6 is 0 Å². The normalized spacial score (nSPS) is 14.2. The van der Waals surface area contributed by atoms with Gasteiger partial charge in [-0.2, -0.15) is 5.10 Å². The lowest BCUT2D eigenvalue weighted by Crippen LogP contribution is -2.22. The summed E-state index contributed by atoms with van der Waals surface area (Å²) in [6.07, 6.45) is 2.25. The summed E-state index contributed by atoms with van der Waals surface area (Å²) >= 11 is 0. The molecule has 1 heterocycles. The van der Waals surface area contributed by atoms with Gasteiger partial charge in [0.2, 0.25) is 0 Å². The summed E-state index contributed by atoms with van der Waals surface area (Å²) in [4.78, 5) is 0. The summed E-state index contributed by atoms with van der Waals surface area (Å²) in [7, 11) is -1.35. The molecule has 14 heavy (non-hydrogen) atoms. The van der Waals surface area contributed by atoms with Crippen molar-refractivity contribution in [3.63, 3.8) is 0 Å². The number of aromatic nitrogens is 2. The zero-order valence-corrected chi connectivity index (χ0v) is 9.03. The van der Waals surface area contributed by atoms with E-state index in [4.69, 9.17) is 0 Å². The first-order chi connectivity index (χ1) is 6.37. The zero-order valence-electron chi connectivity index (χ0n) is 8.21. The van der Waals surface area contributed by atoms with E-state index in [1.165, 1.54) is 0 Å². The van der Waals surface area contributed by atoms with Crippen LogP contribution in [0.2, 0.25) is 0 Å². The molecule has 0 saturated heterocycles. The third-order valence-electron chi connectivity index (χ3n) is 1.71. The number of hydrogen-bond acceptors (Lipinski definition) is 4. The van der Waals surface area contributed by atoms with Crippen LogP contribution in [0.4, 0.5) is 0 Å². The summed E-state index contributed by atoms with van der Waals surface area (Å²) in [5, 5.41) is 13.5. The van der Waals surface area contributed by atoms with E-state index in [9.17, 15) is 13.5 Å². The van der Waals surface area contributed by atoms with Gasteiger partial charge >= 0.3 is 0 Å². The molecule has 1 rings (SSSR count). The molecule has 80 valence electrons. The summed E-state index contributed by atoms with van der Waals surface area (Å²) in [6.45, 7) is 0. The second-order valence-corrected chi connectivity index (χ2v) is 5.62. The van der Waals surface area contributed by atoms with Gasteiger partial charge in [-0.3, -0.25) is 4.68 Å². The third kappa shape index (κ3) is 3.89. The van der Waals surface area contributed by atoms with Gasteiger partial charge in [0.15, 0.2) is 0 Å². The summed E-state index contributed by atoms with van der Waals surface area (Å²) in [6, 6.07) is 1.76. The molecular weight excluding hydrogens is 204 g/mol. The fourth-order valence-electron chi connectivity index (χ4n) is 1.22. The topological polar surface area (TPSA) is 72.2 Å². The molecule has 0 aliphatic rings. The van der Waals surface area contributed by atoms with E-state index < -0.39 is 15.9 Å². The molecule has 0 aliphatic carbocycles. The number of hydrogen-bond donors (Lipinski definition) is 1. The van der Waals surface area contributed by atoms with Crippen molar-refractivity contribution in [2.24, 2.45) is 7.05 Å². The van der Waals surface area contributed by atoms with E-state index in [1.54, 1.807) is 24.0 Å². The van der Waals surface area contributed by atoms with Crippen molar-refractivity contribution in [3.05, 3.63) is 18.0 Å². The van der Waals surface area contributed by atoms with Gasteiger partial charge in [-0.15, -0.1) is 0 Å². The molecule has 1 aromatic rings. The van der Waals surface area contributed by atoms with Crippen molar-refractivity contribution in [3.8, 4) is 0 Å². The second-order valence-electron chi connectivity index (χ2n) is 3.43. The highest BCUT2D eigenvalue weighted by atomic mass is 32.2. The molecule has 0 aromatic carbocycles. The fraction of sp³-hybridized carbons (Fsp3) is 0.625. The largest absolute Gasteiger partial charge is 0.392 e. The molecule has 1 N–H and O–H groups in total. The average molecular weight is 218 g/mol. The molecule has 0 spiro atoms. The minimum absolute atomic E-state index is 0.219. The number of nitrogens with zero attached hydrogens (tertiary/aromatic N) is 2. The number of aliphatic hydroxyl groups excluding tert-OH is 1. The van der Waals surface area contributed by atoms with Crippen molar-refractivity contribution in [1.29, 1.82) is 0 Å². The average Bonchev–Trinajstić information content (AvgIpc) is 2.30. The molecular formula is C8H14N2O3S. The minimum Gasteiger partial charge on any atom is -0.392 e. The molecule has 0 fully saturated rings. The lowest BCUT2D eigenvalue weighted by atomic mass is 10.2. The highest BCUT2D eigenvalue weighted by Gasteiger charge is 2.13. The SMILES string of the molecule is Cn1ccc(CC(O)CS(C)(=O)=O)n1. The molecule has 0 amide bonds. The van der Waals surface area contributed by atoms with Gasteiger partial charge in [0, 0.05) is 25.9 Å². The second kappa shape index (κ2) is 4.10. The quantitative estimate of drug-likeness (QED) is 0.730. The van der Waals surface area contributed by atoms with E-state index in [1.807, 2.05) is 0 Å². The van der Waals surface area contributed by atoms with Gasteiger partial charge in [-0.25, -0.2) is 8.42 Å². The van der Waals surface area contributed by atoms with Gasteiger partial charge in [-0.05, 0) is 6.07 Å². The molecule has 1 unspecified atom stereocenters. The van der Waals surface area contributed by atoms with Crippen LogP contribution in [0.3, 0.4) is 0 Å². The minimum atomic E-state index is -3.12. The monoisotopic (exact) mass is 218 g/mol. The number of aryl methyl sites for hydroxylation is 1. The Morgan fingerprint density at radius 1 is 1.64 bits per heavy atom. The number of rotatable bonds is 4. The predicted octanol–water partition coefficient (Wildman–Crippen LogP) is -0.632. The van der Waals surface area contributed by atoms with Gasteiger partial charge < -0.3 is 5.11 Å². The Balaban J connectivity index is 2.53. The van der Waals surface area contributed by atoms with Crippen LogP contribution in [-0.2, 0) is 23.3 Å². The smallest absolute Gasteiger partial charge is 0.150 e. The van der Waals surface area contributed by atoms with Crippen molar-refractivity contribution < 1.29 is 13.5 Å². The maximum Gasteiger partial charge on any atom is 0.150 e. The molecule has 0 aliphatic heterocycles. The van der Waals surface area contributed by atoms with Crippen LogP contribution < -0.4 is 0 Å². The van der Waals surface area contributed by atoms with E-state index in [0.717, 1.165) is 6.26 Å². The van der Waals surface area contributed by atoms with Crippen molar-refractivity contribution in [1.82, 2.24) is 9.78 Å². The van der Waals surface area contributed by atoms with Crippen LogP contribution in [0.5, 0.6) is 0 Å². The molecule has 0 radical (unpaired) electrons. The first-order valence-corrected chi connectivity index (χ1v) is 6.27. The van der Waals surface area contributed by atoms with Crippen LogP contribution in [-0.4, -0.2) is 41.4 Å². The van der Waals surface area contributed by atoms with E-state index in [2.05, 4.69) is 5.10 Å². The Morgan fingerprint density at radius 3 is 2.71 bits per heavy atom. The summed E-state index contributed by atoms with van der Waals surface area (Å²) < 4.78 is 23.3.